The number of hydrogen-bond acceptors (Lipinski definition) is 4. The van der Waals surface area contributed by atoms with Crippen molar-refractivity contribution in [3.63, 3.8) is 0 Å². The van der Waals surface area contributed by atoms with Crippen molar-refractivity contribution in [3.8, 4) is 6.07 Å². The molecule has 4 rings (SSSR count). The van der Waals surface area contributed by atoms with Crippen LogP contribution in [-0.2, 0) is 12.8 Å². The van der Waals surface area contributed by atoms with E-state index in [4.69, 9.17) is 10.2 Å². The molecule has 0 saturated heterocycles. The summed E-state index contributed by atoms with van der Waals surface area (Å²) < 4.78 is 0. The maximum absolute atomic E-state index is 11.7. The second kappa shape index (κ2) is 8.81. The molecule has 0 aliphatic heterocycles. The Labute approximate surface area is 191 Å². The van der Waals surface area contributed by atoms with Crippen LogP contribution < -0.4 is 0 Å². The van der Waals surface area contributed by atoms with E-state index in [9.17, 15) is 10.2 Å². The number of fused-ring (bicyclic) bond motifs is 1. The predicted molar refractivity (Wildman–Crippen MR) is 127 cm³/mol. The normalized spacial score (nSPS) is 20.6. The average Bonchev–Trinajstić information content (AvgIpc) is 3.26. The van der Waals surface area contributed by atoms with Crippen LogP contribution in [0.25, 0.3) is 5.57 Å². The summed E-state index contributed by atoms with van der Waals surface area (Å²) in [5.74, 6) is 0.144. The van der Waals surface area contributed by atoms with Crippen molar-refractivity contribution >= 4 is 5.57 Å². The highest BCUT2D eigenvalue weighted by molar-refractivity contribution is 5.75. The first-order chi connectivity index (χ1) is 15.2. The number of aliphatic hydroxyl groups excluding tert-OH is 2. The molecular formula is C28H34N2O2. The number of aliphatic hydroxyl groups is 2. The van der Waals surface area contributed by atoms with Crippen molar-refractivity contribution in [1.29, 1.82) is 5.26 Å². The third-order valence-corrected chi connectivity index (χ3v) is 6.87. The smallest absolute Gasteiger partial charge is 0.106 e. The summed E-state index contributed by atoms with van der Waals surface area (Å²) >= 11 is 0. The fourth-order valence-corrected chi connectivity index (χ4v) is 5.36. The highest BCUT2D eigenvalue weighted by Gasteiger charge is 2.38. The molecule has 0 bridgehead atoms. The van der Waals surface area contributed by atoms with Crippen LogP contribution in [-0.4, -0.2) is 15.2 Å². The quantitative estimate of drug-likeness (QED) is 0.617. The Balaban J connectivity index is 1.94. The number of hydrogen-bond donors (Lipinski definition) is 2. The molecule has 0 spiro atoms. The van der Waals surface area contributed by atoms with Crippen LogP contribution in [0.4, 0.5) is 0 Å². The van der Waals surface area contributed by atoms with E-state index in [-0.39, 0.29) is 11.3 Å². The van der Waals surface area contributed by atoms with Gasteiger partial charge in [0, 0.05) is 22.5 Å². The van der Waals surface area contributed by atoms with Gasteiger partial charge >= 0.3 is 0 Å². The maximum Gasteiger partial charge on any atom is 0.106 e. The minimum absolute atomic E-state index is 0.00824. The molecule has 2 N–H and O–H groups in total. The summed E-state index contributed by atoms with van der Waals surface area (Å²) in [7, 11) is 0. The summed E-state index contributed by atoms with van der Waals surface area (Å²) in [5.41, 5.74) is 7.67. The Kier molecular flexibility index (Phi) is 6.25. The van der Waals surface area contributed by atoms with E-state index in [1.165, 1.54) is 5.57 Å². The van der Waals surface area contributed by atoms with E-state index in [1.807, 2.05) is 24.3 Å². The van der Waals surface area contributed by atoms with Crippen molar-refractivity contribution in [3.05, 3.63) is 69.5 Å². The first-order valence-corrected chi connectivity index (χ1v) is 11.8. The number of rotatable bonds is 5. The van der Waals surface area contributed by atoms with Crippen LogP contribution >= 0.6 is 0 Å². The maximum atomic E-state index is 11.7. The molecule has 0 radical (unpaired) electrons. The second-order valence-electron chi connectivity index (χ2n) is 10.5. The Morgan fingerprint density at radius 2 is 1.94 bits per heavy atom. The van der Waals surface area contributed by atoms with E-state index < -0.39 is 12.2 Å². The second-order valence-corrected chi connectivity index (χ2v) is 10.5. The zero-order valence-electron chi connectivity index (χ0n) is 19.7. The first-order valence-electron chi connectivity index (χ1n) is 11.8. The molecule has 0 amide bonds. The molecule has 2 aliphatic rings. The number of aromatic nitrogens is 1. The van der Waals surface area contributed by atoms with Crippen LogP contribution in [0.5, 0.6) is 0 Å². The van der Waals surface area contributed by atoms with Gasteiger partial charge in [0.15, 0.2) is 0 Å². The SMILES string of the molecule is CC(C)c1nc2c(c(C3=CCCC3)c1C(O)c1ccc(CC#N)cc1)C(O)CC(C)(C)C2. The fraction of sp³-hybridized carbons (Fsp3) is 0.500. The van der Waals surface area contributed by atoms with Gasteiger partial charge in [0.1, 0.15) is 6.10 Å². The molecule has 32 heavy (non-hydrogen) atoms. The average molecular weight is 431 g/mol. The van der Waals surface area contributed by atoms with Gasteiger partial charge in [-0.1, -0.05) is 58.0 Å². The highest BCUT2D eigenvalue weighted by atomic mass is 16.3. The van der Waals surface area contributed by atoms with Crippen LogP contribution in [0.1, 0.15) is 111 Å². The third kappa shape index (κ3) is 4.25. The molecule has 1 aromatic carbocycles. The standard InChI is InChI=1S/C28H34N2O2/c1-17(2)26-25(27(32)20-11-9-18(10-12-20)13-14-29)23(19-7-5-6-8-19)24-21(30-26)15-28(3,4)16-22(24)31/h7,9-12,17,22,27,31-32H,5-6,8,13,15-16H2,1-4H3. The monoisotopic (exact) mass is 430 g/mol. The lowest BCUT2D eigenvalue weighted by Crippen LogP contribution is -2.29. The lowest BCUT2D eigenvalue weighted by molar-refractivity contribution is 0.0972. The van der Waals surface area contributed by atoms with E-state index in [0.29, 0.717) is 12.8 Å². The molecule has 2 aliphatic carbocycles. The first kappa shape index (κ1) is 22.7. The minimum atomic E-state index is -0.833. The van der Waals surface area contributed by atoms with Crippen molar-refractivity contribution in [1.82, 2.24) is 4.98 Å². The summed E-state index contributed by atoms with van der Waals surface area (Å²) in [6.45, 7) is 8.63. The van der Waals surface area contributed by atoms with Crippen LogP contribution in [0.3, 0.4) is 0 Å². The van der Waals surface area contributed by atoms with Gasteiger partial charge in [0.25, 0.3) is 0 Å². The molecule has 2 unspecified atom stereocenters. The Bertz CT molecular complexity index is 1070. The highest BCUT2D eigenvalue weighted by Crippen LogP contribution is 2.48. The number of benzene rings is 1. The molecule has 0 saturated carbocycles. The van der Waals surface area contributed by atoms with Gasteiger partial charge in [0.05, 0.1) is 18.6 Å². The van der Waals surface area contributed by atoms with Crippen molar-refractivity contribution in [2.45, 2.75) is 84.3 Å². The van der Waals surface area contributed by atoms with Crippen LogP contribution in [0, 0.1) is 16.7 Å². The molecular weight excluding hydrogens is 396 g/mol. The van der Waals surface area contributed by atoms with Crippen molar-refractivity contribution in [2.75, 3.05) is 0 Å². The zero-order valence-corrected chi connectivity index (χ0v) is 19.7. The summed E-state index contributed by atoms with van der Waals surface area (Å²) in [4.78, 5) is 5.09. The van der Waals surface area contributed by atoms with E-state index in [0.717, 1.165) is 64.9 Å². The fourth-order valence-electron chi connectivity index (χ4n) is 5.36. The molecule has 1 heterocycles. The molecule has 1 aromatic heterocycles. The minimum Gasteiger partial charge on any atom is -0.388 e. The summed E-state index contributed by atoms with van der Waals surface area (Å²) in [5, 5.41) is 31.9. The van der Waals surface area contributed by atoms with Gasteiger partial charge in [0.2, 0.25) is 0 Å². The topological polar surface area (TPSA) is 77.1 Å². The third-order valence-electron chi connectivity index (χ3n) is 6.87. The lowest BCUT2D eigenvalue weighted by Gasteiger charge is -2.37. The molecule has 2 aromatic rings. The van der Waals surface area contributed by atoms with Gasteiger partial charge in [-0.15, -0.1) is 0 Å². The van der Waals surface area contributed by atoms with E-state index in [2.05, 4.69) is 39.8 Å². The number of allylic oxidation sites excluding steroid dienone is 2. The van der Waals surface area contributed by atoms with E-state index >= 15 is 0 Å². The molecule has 4 nitrogen and oxygen atoms in total. The number of nitrogens with zero attached hydrogens (tertiary/aromatic N) is 2. The molecule has 4 heteroatoms. The predicted octanol–water partition coefficient (Wildman–Crippen LogP) is 5.93. The van der Waals surface area contributed by atoms with Crippen LogP contribution in [0.2, 0.25) is 0 Å². The Morgan fingerprint density at radius 3 is 2.53 bits per heavy atom. The Hall–Kier alpha value is -2.48. The molecule has 0 fully saturated rings. The van der Waals surface area contributed by atoms with Crippen molar-refractivity contribution < 1.29 is 10.2 Å². The van der Waals surface area contributed by atoms with Gasteiger partial charge in [-0.05, 0) is 65.7 Å². The number of pyridine rings is 1. The summed E-state index contributed by atoms with van der Waals surface area (Å²) in [6.07, 6.45) is 5.84. The molecule has 2 atom stereocenters. The van der Waals surface area contributed by atoms with Crippen LogP contribution in [0.15, 0.2) is 30.3 Å². The van der Waals surface area contributed by atoms with Crippen molar-refractivity contribution in [2.24, 2.45) is 5.41 Å². The van der Waals surface area contributed by atoms with Gasteiger partial charge in [-0.25, -0.2) is 0 Å². The van der Waals surface area contributed by atoms with Gasteiger partial charge in [-0.2, -0.15) is 5.26 Å². The van der Waals surface area contributed by atoms with Gasteiger partial charge in [-0.3, -0.25) is 4.98 Å². The lowest BCUT2D eigenvalue weighted by atomic mass is 9.71. The van der Waals surface area contributed by atoms with E-state index in [1.54, 1.807) is 0 Å². The Morgan fingerprint density at radius 1 is 1.22 bits per heavy atom. The largest absolute Gasteiger partial charge is 0.388 e. The van der Waals surface area contributed by atoms with Gasteiger partial charge < -0.3 is 10.2 Å². The number of nitriles is 1. The molecule has 168 valence electrons. The summed E-state index contributed by atoms with van der Waals surface area (Å²) in [6, 6.07) is 9.81. The zero-order chi connectivity index (χ0) is 23.0.